The number of sulfonamides is 1. The molecule has 0 unspecified atom stereocenters. The van der Waals surface area contributed by atoms with Crippen LogP contribution in [0.15, 0.2) is 23.1 Å². The van der Waals surface area contributed by atoms with Crippen LogP contribution in [0.25, 0.3) is 0 Å². The third-order valence-electron chi connectivity index (χ3n) is 2.53. The molecule has 0 aromatic heterocycles. The van der Waals surface area contributed by atoms with E-state index in [1.54, 1.807) is 0 Å². The van der Waals surface area contributed by atoms with E-state index in [2.05, 4.69) is 4.72 Å². The van der Waals surface area contributed by atoms with Gasteiger partial charge in [-0.2, -0.15) is 4.72 Å². The highest BCUT2D eigenvalue weighted by Crippen LogP contribution is 2.29. The molecule has 0 saturated heterocycles. The summed E-state index contributed by atoms with van der Waals surface area (Å²) in [6, 6.07) is 3.10. The second-order valence-corrected chi connectivity index (χ2v) is 5.58. The Balaban J connectivity index is 3.07. The van der Waals surface area contributed by atoms with E-state index in [0.717, 1.165) is 0 Å². The monoisotopic (exact) mass is 303 g/mol. The van der Waals surface area contributed by atoms with Crippen LogP contribution >= 0.6 is 0 Å². The summed E-state index contributed by atoms with van der Waals surface area (Å²) in [7, 11) is -1.04. The van der Waals surface area contributed by atoms with E-state index in [9.17, 15) is 13.2 Å². The first-order valence-corrected chi connectivity index (χ1v) is 7.09. The summed E-state index contributed by atoms with van der Waals surface area (Å²) in [5, 5.41) is 0. The molecular formula is C11H17N3O5S. The number of carbonyl (C=O) groups is 1. The van der Waals surface area contributed by atoms with Crippen LogP contribution in [0.4, 0.5) is 0 Å². The molecule has 0 fully saturated rings. The van der Waals surface area contributed by atoms with Crippen molar-refractivity contribution in [1.82, 2.24) is 10.1 Å². The third kappa shape index (κ3) is 3.59. The Bertz CT molecular complexity index is 588. The number of hydrazine groups is 1. The highest BCUT2D eigenvalue weighted by Gasteiger charge is 2.22. The average molecular weight is 303 g/mol. The Morgan fingerprint density at radius 2 is 1.85 bits per heavy atom. The van der Waals surface area contributed by atoms with Crippen LogP contribution in [0.3, 0.4) is 0 Å². The second kappa shape index (κ2) is 6.55. The summed E-state index contributed by atoms with van der Waals surface area (Å²) < 4.78 is 36.4. The minimum Gasteiger partial charge on any atom is -0.493 e. The zero-order valence-corrected chi connectivity index (χ0v) is 12.2. The molecule has 0 aliphatic heterocycles. The molecule has 0 aliphatic rings. The Labute approximate surface area is 117 Å². The maximum Gasteiger partial charge on any atom is 0.251 e. The lowest BCUT2D eigenvalue weighted by molar-refractivity contribution is -0.122. The molecule has 1 amide bonds. The van der Waals surface area contributed by atoms with E-state index in [4.69, 9.17) is 15.3 Å². The molecule has 1 atom stereocenters. The van der Waals surface area contributed by atoms with Crippen LogP contribution in [0, 0.1) is 0 Å². The molecular weight excluding hydrogens is 286 g/mol. The number of ether oxygens (including phenoxy) is 2. The molecule has 0 aliphatic carbocycles. The quantitative estimate of drug-likeness (QED) is 0.365. The van der Waals surface area contributed by atoms with Crippen molar-refractivity contribution in [3.8, 4) is 11.5 Å². The number of hydrogen-bond donors (Lipinski definition) is 3. The lowest BCUT2D eigenvalue weighted by Gasteiger charge is -2.14. The number of hydrogen-bond acceptors (Lipinski definition) is 6. The molecule has 112 valence electrons. The fourth-order valence-corrected chi connectivity index (χ4v) is 2.68. The molecule has 0 radical (unpaired) electrons. The van der Waals surface area contributed by atoms with E-state index >= 15 is 0 Å². The van der Waals surface area contributed by atoms with E-state index in [-0.39, 0.29) is 10.6 Å². The van der Waals surface area contributed by atoms with Gasteiger partial charge >= 0.3 is 0 Å². The van der Waals surface area contributed by atoms with Gasteiger partial charge in [-0.3, -0.25) is 10.2 Å². The van der Waals surface area contributed by atoms with Gasteiger partial charge in [0.15, 0.2) is 11.5 Å². The summed E-state index contributed by atoms with van der Waals surface area (Å²) >= 11 is 0. The molecule has 0 heterocycles. The molecule has 20 heavy (non-hydrogen) atoms. The van der Waals surface area contributed by atoms with Crippen LogP contribution in [0.5, 0.6) is 11.5 Å². The van der Waals surface area contributed by atoms with Gasteiger partial charge in [0.1, 0.15) is 0 Å². The Kier molecular flexibility index (Phi) is 5.31. The summed E-state index contributed by atoms with van der Waals surface area (Å²) in [5.41, 5.74) is 1.87. The molecule has 0 bridgehead atoms. The topological polar surface area (TPSA) is 120 Å². The predicted octanol–water partition coefficient (Wildman–Crippen LogP) is -0.639. The highest BCUT2D eigenvalue weighted by molar-refractivity contribution is 7.89. The van der Waals surface area contributed by atoms with E-state index in [1.165, 1.54) is 39.3 Å². The van der Waals surface area contributed by atoms with Crippen molar-refractivity contribution in [2.24, 2.45) is 5.84 Å². The maximum absolute atomic E-state index is 12.1. The number of rotatable bonds is 6. The molecule has 9 heteroatoms. The van der Waals surface area contributed by atoms with Crippen molar-refractivity contribution in [3.05, 3.63) is 18.2 Å². The van der Waals surface area contributed by atoms with Gasteiger partial charge in [-0.1, -0.05) is 0 Å². The van der Waals surface area contributed by atoms with Crippen LogP contribution in [-0.4, -0.2) is 34.6 Å². The molecule has 0 spiro atoms. The van der Waals surface area contributed by atoms with Gasteiger partial charge < -0.3 is 9.47 Å². The summed E-state index contributed by atoms with van der Waals surface area (Å²) in [4.78, 5) is 11.2. The number of nitrogens with one attached hydrogen (secondary N) is 2. The van der Waals surface area contributed by atoms with Crippen molar-refractivity contribution < 1.29 is 22.7 Å². The van der Waals surface area contributed by atoms with Crippen molar-refractivity contribution in [1.29, 1.82) is 0 Å². The number of carbonyl (C=O) groups excluding carboxylic acids is 1. The number of amides is 1. The van der Waals surface area contributed by atoms with Gasteiger partial charge in [0.2, 0.25) is 10.0 Å². The number of methoxy groups -OCH3 is 2. The Morgan fingerprint density at radius 1 is 1.25 bits per heavy atom. The van der Waals surface area contributed by atoms with Gasteiger partial charge in [0.05, 0.1) is 25.2 Å². The molecule has 1 rings (SSSR count). The molecule has 4 N–H and O–H groups in total. The summed E-state index contributed by atoms with van der Waals surface area (Å²) in [6.45, 7) is 1.38. The highest BCUT2D eigenvalue weighted by atomic mass is 32.2. The second-order valence-electron chi connectivity index (χ2n) is 3.87. The Hall–Kier alpha value is -1.84. The van der Waals surface area contributed by atoms with Crippen LogP contribution in [-0.2, 0) is 14.8 Å². The van der Waals surface area contributed by atoms with Gasteiger partial charge in [0, 0.05) is 6.07 Å². The summed E-state index contributed by atoms with van der Waals surface area (Å²) in [6.07, 6.45) is 0. The fourth-order valence-electron chi connectivity index (χ4n) is 1.46. The molecule has 8 nitrogen and oxygen atoms in total. The zero-order valence-electron chi connectivity index (χ0n) is 11.3. The first-order valence-electron chi connectivity index (χ1n) is 5.60. The molecule has 1 aromatic rings. The minimum atomic E-state index is -3.87. The first-order chi connectivity index (χ1) is 9.35. The lowest BCUT2D eigenvalue weighted by Crippen LogP contribution is -2.47. The van der Waals surface area contributed by atoms with Crippen molar-refractivity contribution >= 4 is 15.9 Å². The van der Waals surface area contributed by atoms with Crippen molar-refractivity contribution in [2.45, 2.75) is 17.9 Å². The standard InChI is InChI=1S/C11H17N3O5S/c1-7(11(15)13-12)14-20(16,17)8-4-5-9(18-2)10(6-8)19-3/h4-7,14H,12H2,1-3H3,(H,13,15)/t7-/m0/s1. The fraction of sp³-hybridized carbons (Fsp3) is 0.364. The lowest BCUT2D eigenvalue weighted by atomic mass is 10.3. The minimum absolute atomic E-state index is 0.0492. The van der Waals surface area contributed by atoms with Crippen molar-refractivity contribution in [3.63, 3.8) is 0 Å². The van der Waals surface area contributed by atoms with Gasteiger partial charge in [-0.25, -0.2) is 14.3 Å². The van der Waals surface area contributed by atoms with Crippen molar-refractivity contribution in [2.75, 3.05) is 14.2 Å². The number of benzene rings is 1. The van der Waals surface area contributed by atoms with Crippen LogP contribution in [0.2, 0.25) is 0 Å². The summed E-state index contributed by atoms with van der Waals surface area (Å²) in [5.74, 6) is 4.97. The van der Waals surface area contributed by atoms with Crippen LogP contribution < -0.4 is 25.5 Å². The maximum atomic E-state index is 12.1. The smallest absolute Gasteiger partial charge is 0.251 e. The van der Waals surface area contributed by atoms with E-state index in [1.807, 2.05) is 5.43 Å². The predicted molar refractivity (Wildman–Crippen MR) is 71.7 cm³/mol. The van der Waals surface area contributed by atoms with Gasteiger partial charge in [-0.15, -0.1) is 0 Å². The van der Waals surface area contributed by atoms with Gasteiger partial charge in [0.25, 0.3) is 5.91 Å². The SMILES string of the molecule is COc1ccc(S(=O)(=O)N[C@@H](C)C(=O)NN)cc1OC. The van der Waals surface area contributed by atoms with E-state index in [0.29, 0.717) is 5.75 Å². The normalized spacial score (nSPS) is 12.6. The molecule has 1 aromatic carbocycles. The molecule has 0 saturated carbocycles. The first kappa shape index (κ1) is 16.2. The van der Waals surface area contributed by atoms with E-state index < -0.39 is 22.0 Å². The average Bonchev–Trinajstić information content (AvgIpc) is 2.44. The number of nitrogens with two attached hydrogens (primary N) is 1. The van der Waals surface area contributed by atoms with Gasteiger partial charge in [-0.05, 0) is 19.1 Å². The van der Waals surface area contributed by atoms with Crippen LogP contribution in [0.1, 0.15) is 6.92 Å². The third-order valence-corrected chi connectivity index (χ3v) is 4.07. The largest absolute Gasteiger partial charge is 0.493 e. The zero-order chi connectivity index (χ0) is 15.3. The Morgan fingerprint density at radius 3 is 2.35 bits per heavy atom.